The molecule has 0 heterocycles. The number of ether oxygens (including phenoxy) is 4. The molecule has 0 saturated heterocycles. The molecule has 0 rings (SSSR count). The van der Waals surface area contributed by atoms with Crippen molar-refractivity contribution in [2.75, 3.05) is 59.1 Å². The van der Waals surface area contributed by atoms with E-state index >= 15 is 0 Å². The Hall–Kier alpha value is -1.87. The highest BCUT2D eigenvalue weighted by atomic mass is 16.7. The quantitative estimate of drug-likeness (QED) is 0.0336. The van der Waals surface area contributed by atoms with Gasteiger partial charge in [0.05, 0.1) is 25.0 Å². The first-order valence-corrected chi connectivity index (χ1v) is 29.4. The average Bonchev–Trinajstić information content (AvgIpc) is 3.33. The second-order valence-corrected chi connectivity index (χ2v) is 20.0. The molecule has 0 spiro atoms. The molecule has 1 atom stereocenters. The predicted molar refractivity (Wildman–Crippen MR) is 284 cm³/mol. The van der Waals surface area contributed by atoms with Crippen LogP contribution in [-0.2, 0) is 28.5 Å². The third-order valence-electron chi connectivity index (χ3n) is 14.1. The van der Waals surface area contributed by atoms with Gasteiger partial charge in [0.2, 0.25) is 0 Å². The van der Waals surface area contributed by atoms with Crippen molar-refractivity contribution in [2.24, 2.45) is 11.8 Å². The Morgan fingerprint density at radius 2 is 0.642 bits per heavy atom. The van der Waals surface area contributed by atoms with Crippen molar-refractivity contribution in [3.05, 3.63) is 0 Å². The number of carbonyl (C=O) groups is 3. The van der Waals surface area contributed by atoms with E-state index in [9.17, 15) is 14.4 Å². The number of nitrogens with zero attached hydrogens (tertiary/aromatic N) is 2. The molecule has 0 bridgehead atoms. The van der Waals surface area contributed by atoms with Crippen LogP contribution in [0, 0.1) is 11.8 Å². The van der Waals surface area contributed by atoms with Crippen LogP contribution in [0.4, 0.5) is 4.79 Å². The summed E-state index contributed by atoms with van der Waals surface area (Å²) in [5.41, 5.74) is 0. The standard InChI is InChI=1S/C58H114N2O7/c1-8-15-19-23-27-33-41-53(42-34-28-24-20-16-9-2)56(61)64-50-39-32-31-37-45-55(67-58(63)66-52-49-60(14-7)48-47-59(12-5)13-6)46-38-40-51-65-57(62)54(43-35-29-25-21-17-10-3)44-36-30-26-22-18-11-4/h53-55H,8-52H2,1-7H3. The summed E-state index contributed by atoms with van der Waals surface area (Å²) in [6.45, 7) is 22.3. The lowest BCUT2D eigenvalue weighted by Gasteiger charge is -2.25. The van der Waals surface area contributed by atoms with Crippen LogP contribution in [0.3, 0.4) is 0 Å². The van der Waals surface area contributed by atoms with Crippen molar-refractivity contribution < 1.29 is 33.3 Å². The van der Waals surface area contributed by atoms with E-state index in [1.807, 2.05) is 0 Å². The second kappa shape index (κ2) is 50.5. The molecular formula is C58H114N2O7. The molecule has 0 aromatic carbocycles. The fraction of sp³-hybridized carbons (Fsp3) is 0.948. The first-order valence-electron chi connectivity index (χ1n) is 29.4. The van der Waals surface area contributed by atoms with E-state index in [4.69, 9.17) is 18.9 Å². The number of hydrogen-bond donors (Lipinski definition) is 0. The summed E-state index contributed by atoms with van der Waals surface area (Å²) in [5.74, 6) is 0.0299. The van der Waals surface area contributed by atoms with Crippen LogP contribution in [0.2, 0.25) is 0 Å². The molecule has 0 aromatic heterocycles. The first kappa shape index (κ1) is 65.1. The summed E-state index contributed by atoms with van der Waals surface area (Å²) in [5, 5.41) is 0. The van der Waals surface area contributed by atoms with E-state index < -0.39 is 6.16 Å². The number of hydrogen-bond acceptors (Lipinski definition) is 9. The van der Waals surface area contributed by atoms with Gasteiger partial charge in [0.25, 0.3) is 0 Å². The van der Waals surface area contributed by atoms with Crippen LogP contribution in [-0.4, -0.2) is 93.1 Å². The van der Waals surface area contributed by atoms with Gasteiger partial charge in [0.15, 0.2) is 0 Å². The van der Waals surface area contributed by atoms with E-state index in [0.29, 0.717) is 32.8 Å². The van der Waals surface area contributed by atoms with Gasteiger partial charge in [-0.3, -0.25) is 14.5 Å². The monoisotopic (exact) mass is 951 g/mol. The zero-order valence-electron chi connectivity index (χ0n) is 45.8. The topological polar surface area (TPSA) is 94.6 Å². The van der Waals surface area contributed by atoms with Crippen molar-refractivity contribution in [1.82, 2.24) is 9.80 Å². The molecule has 0 aliphatic carbocycles. The molecule has 0 radical (unpaired) electrons. The SMILES string of the molecule is CCCCCCCCC(CCCCCCCC)C(=O)OCCCCCCC(CCCCOC(=O)C(CCCCCCCC)CCCCCCCC)OC(=O)OCCN(CC)CCN(CC)CC. The Labute approximate surface area is 416 Å². The lowest BCUT2D eigenvalue weighted by Crippen LogP contribution is -2.37. The van der Waals surface area contributed by atoms with Crippen LogP contribution < -0.4 is 0 Å². The second-order valence-electron chi connectivity index (χ2n) is 20.0. The molecule has 0 aromatic rings. The molecule has 398 valence electrons. The van der Waals surface area contributed by atoms with E-state index in [1.165, 1.54) is 128 Å². The number of esters is 2. The molecule has 9 nitrogen and oxygen atoms in total. The summed E-state index contributed by atoms with van der Waals surface area (Å²) in [6, 6.07) is 0. The van der Waals surface area contributed by atoms with Crippen molar-refractivity contribution in [3.8, 4) is 0 Å². The molecule has 0 N–H and O–H groups in total. The largest absolute Gasteiger partial charge is 0.508 e. The van der Waals surface area contributed by atoms with Gasteiger partial charge in [-0.05, 0) is 83.8 Å². The Morgan fingerprint density at radius 1 is 0.328 bits per heavy atom. The highest BCUT2D eigenvalue weighted by Crippen LogP contribution is 2.23. The summed E-state index contributed by atoms with van der Waals surface area (Å²) in [7, 11) is 0. The molecule has 9 heteroatoms. The normalized spacial score (nSPS) is 12.2. The fourth-order valence-electron chi connectivity index (χ4n) is 9.27. The maximum absolute atomic E-state index is 13.3. The van der Waals surface area contributed by atoms with Gasteiger partial charge >= 0.3 is 18.1 Å². The number of unbranched alkanes of at least 4 members (excludes halogenated alkanes) is 24. The molecule has 0 amide bonds. The lowest BCUT2D eigenvalue weighted by atomic mass is 9.94. The summed E-state index contributed by atoms with van der Waals surface area (Å²) in [6.07, 6.45) is 39.4. The maximum Gasteiger partial charge on any atom is 0.508 e. The minimum absolute atomic E-state index is 0.00391. The van der Waals surface area contributed by atoms with Gasteiger partial charge < -0.3 is 23.8 Å². The summed E-state index contributed by atoms with van der Waals surface area (Å²) < 4.78 is 23.4. The maximum atomic E-state index is 13.3. The van der Waals surface area contributed by atoms with Crippen LogP contribution in [0.25, 0.3) is 0 Å². The van der Waals surface area contributed by atoms with E-state index in [-0.39, 0.29) is 29.9 Å². The van der Waals surface area contributed by atoms with Gasteiger partial charge in [0, 0.05) is 19.6 Å². The van der Waals surface area contributed by atoms with Gasteiger partial charge in [-0.2, -0.15) is 0 Å². The van der Waals surface area contributed by atoms with Crippen LogP contribution in [0.5, 0.6) is 0 Å². The lowest BCUT2D eigenvalue weighted by molar-refractivity contribution is -0.150. The smallest absolute Gasteiger partial charge is 0.465 e. The van der Waals surface area contributed by atoms with E-state index in [1.54, 1.807) is 0 Å². The van der Waals surface area contributed by atoms with E-state index in [0.717, 1.165) is 129 Å². The van der Waals surface area contributed by atoms with Gasteiger partial charge in [0.1, 0.15) is 12.7 Å². The third kappa shape index (κ3) is 41.6. The Morgan fingerprint density at radius 3 is 1.03 bits per heavy atom. The van der Waals surface area contributed by atoms with Crippen molar-refractivity contribution >= 4 is 18.1 Å². The van der Waals surface area contributed by atoms with E-state index in [2.05, 4.69) is 58.3 Å². The Balaban J connectivity index is 5.15. The Bertz CT molecular complexity index is 1040. The fourth-order valence-corrected chi connectivity index (χ4v) is 9.27. The van der Waals surface area contributed by atoms with Crippen LogP contribution in [0.15, 0.2) is 0 Å². The Kier molecular flexibility index (Phi) is 49.1. The predicted octanol–water partition coefficient (Wildman–Crippen LogP) is 16.6. The molecule has 0 fully saturated rings. The van der Waals surface area contributed by atoms with Crippen LogP contribution >= 0.6 is 0 Å². The molecular weight excluding hydrogens is 837 g/mol. The van der Waals surface area contributed by atoms with Gasteiger partial charge in [-0.25, -0.2) is 4.79 Å². The zero-order chi connectivity index (χ0) is 49.3. The molecule has 0 aliphatic heterocycles. The summed E-state index contributed by atoms with van der Waals surface area (Å²) >= 11 is 0. The molecule has 0 aliphatic rings. The van der Waals surface area contributed by atoms with Crippen molar-refractivity contribution in [1.29, 1.82) is 0 Å². The molecule has 67 heavy (non-hydrogen) atoms. The minimum Gasteiger partial charge on any atom is -0.465 e. The van der Waals surface area contributed by atoms with Crippen molar-refractivity contribution in [2.45, 2.75) is 286 Å². The first-order chi connectivity index (χ1) is 32.8. The number of likely N-dealkylation sites (N-methyl/N-ethyl adjacent to an activating group) is 2. The van der Waals surface area contributed by atoms with Crippen molar-refractivity contribution in [3.63, 3.8) is 0 Å². The third-order valence-corrected chi connectivity index (χ3v) is 14.1. The molecule has 1 unspecified atom stereocenters. The number of rotatable bonds is 52. The average molecular weight is 952 g/mol. The van der Waals surface area contributed by atoms with Gasteiger partial charge in [-0.15, -0.1) is 0 Å². The minimum atomic E-state index is -0.591. The highest BCUT2D eigenvalue weighted by Gasteiger charge is 2.22. The highest BCUT2D eigenvalue weighted by molar-refractivity contribution is 5.72. The summed E-state index contributed by atoms with van der Waals surface area (Å²) in [4.78, 5) is 44.3. The molecule has 0 saturated carbocycles. The number of carbonyl (C=O) groups excluding carboxylic acids is 3. The zero-order valence-corrected chi connectivity index (χ0v) is 45.8. The van der Waals surface area contributed by atoms with Gasteiger partial charge in [-0.1, -0.05) is 215 Å². The van der Waals surface area contributed by atoms with Crippen LogP contribution in [0.1, 0.15) is 280 Å².